The second kappa shape index (κ2) is 5.37. The fraction of sp³-hybridized carbons (Fsp3) is 0.0909. The molecule has 6 nitrogen and oxygen atoms in total. The number of hydrogen-bond acceptors (Lipinski definition) is 5. The van der Waals surface area contributed by atoms with Crippen LogP contribution in [0.25, 0.3) is 0 Å². The van der Waals surface area contributed by atoms with Crippen LogP contribution in [0.5, 0.6) is 0 Å². The van der Waals surface area contributed by atoms with Crippen LogP contribution in [0.3, 0.4) is 0 Å². The molecular formula is C11H9N3O3S. The van der Waals surface area contributed by atoms with Crippen LogP contribution in [0.1, 0.15) is 10.5 Å². The number of nitrogens with zero attached hydrogens (tertiary/aromatic N) is 3. The van der Waals surface area contributed by atoms with Crippen LogP contribution in [0.2, 0.25) is 0 Å². The van der Waals surface area contributed by atoms with Crippen LogP contribution in [0, 0.1) is 0 Å². The summed E-state index contributed by atoms with van der Waals surface area (Å²) in [7, 11) is 0. The molecule has 0 saturated heterocycles. The number of aromatic nitrogens is 2. The number of amides is 1. The second-order valence-corrected chi connectivity index (χ2v) is 3.97. The van der Waals surface area contributed by atoms with Crippen molar-refractivity contribution in [3.05, 3.63) is 42.2 Å². The molecular weight excluding hydrogens is 254 g/mol. The predicted molar refractivity (Wildman–Crippen MR) is 65.7 cm³/mol. The molecule has 0 unspecified atom stereocenters. The van der Waals surface area contributed by atoms with Crippen molar-refractivity contribution in [1.29, 1.82) is 0 Å². The predicted octanol–water partition coefficient (Wildman–Crippen LogP) is 1.27. The maximum atomic E-state index is 12.1. The summed E-state index contributed by atoms with van der Waals surface area (Å²) >= 11 is 0.904. The van der Waals surface area contributed by atoms with Crippen LogP contribution in [0.15, 0.2) is 36.5 Å². The molecule has 92 valence electrons. The summed E-state index contributed by atoms with van der Waals surface area (Å²) < 4.78 is 7.55. The van der Waals surface area contributed by atoms with E-state index in [2.05, 4.69) is 8.75 Å². The third kappa shape index (κ3) is 2.69. The second-order valence-electron chi connectivity index (χ2n) is 3.41. The first-order valence-electron chi connectivity index (χ1n) is 5.05. The quantitative estimate of drug-likeness (QED) is 0.898. The zero-order valence-corrected chi connectivity index (χ0v) is 10.0. The molecule has 1 aromatic carbocycles. The Morgan fingerprint density at radius 2 is 2.00 bits per heavy atom. The van der Waals surface area contributed by atoms with Gasteiger partial charge in [-0.3, -0.25) is 14.5 Å². The highest BCUT2D eigenvalue weighted by Crippen LogP contribution is 2.15. The van der Waals surface area contributed by atoms with Crippen molar-refractivity contribution in [3.8, 4) is 0 Å². The minimum Gasteiger partial charge on any atom is -0.480 e. The van der Waals surface area contributed by atoms with Crippen LogP contribution >= 0.6 is 11.7 Å². The van der Waals surface area contributed by atoms with E-state index in [1.54, 1.807) is 30.3 Å². The zero-order valence-electron chi connectivity index (χ0n) is 9.18. The smallest absolute Gasteiger partial charge is 0.323 e. The van der Waals surface area contributed by atoms with Crippen molar-refractivity contribution in [2.45, 2.75) is 0 Å². The summed E-state index contributed by atoms with van der Waals surface area (Å²) in [5.74, 6) is -1.56. The van der Waals surface area contributed by atoms with Crippen LogP contribution in [0.4, 0.5) is 5.69 Å². The summed E-state index contributed by atoms with van der Waals surface area (Å²) in [6.07, 6.45) is 1.32. The number of para-hydroxylation sites is 1. The van der Waals surface area contributed by atoms with Gasteiger partial charge in [0.1, 0.15) is 6.54 Å². The van der Waals surface area contributed by atoms with E-state index >= 15 is 0 Å². The number of aliphatic carboxylic acids is 1. The maximum absolute atomic E-state index is 12.1. The molecule has 1 N–H and O–H groups in total. The monoisotopic (exact) mass is 263 g/mol. The largest absolute Gasteiger partial charge is 0.480 e. The van der Waals surface area contributed by atoms with E-state index in [1.807, 2.05) is 0 Å². The van der Waals surface area contributed by atoms with E-state index in [0.717, 1.165) is 16.6 Å². The molecule has 0 bridgehead atoms. The van der Waals surface area contributed by atoms with E-state index in [4.69, 9.17) is 5.11 Å². The minimum absolute atomic E-state index is 0.144. The summed E-state index contributed by atoms with van der Waals surface area (Å²) in [5.41, 5.74) is 0.656. The van der Waals surface area contributed by atoms with Gasteiger partial charge in [-0.15, -0.1) is 0 Å². The van der Waals surface area contributed by atoms with E-state index in [-0.39, 0.29) is 5.69 Å². The Bertz CT molecular complexity index is 542. The standard InChI is InChI=1S/C11H9N3O3S/c15-10(16)7-14(8-4-2-1-3-5-8)11(17)9-6-12-18-13-9/h1-6H,7H2,(H,15,16). The SMILES string of the molecule is O=C(O)CN(C(=O)c1cnsn1)c1ccccc1. The lowest BCUT2D eigenvalue weighted by Crippen LogP contribution is -2.35. The van der Waals surface area contributed by atoms with Gasteiger partial charge in [-0.25, -0.2) is 0 Å². The number of anilines is 1. The van der Waals surface area contributed by atoms with Crippen LogP contribution in [-0.2, 0) is 4.79 Å². The van der Waals surface area contributed by atoms with Crippen molar-refractivity contribution in [2.24, 2.45) is 0 Å². The molecule has 0 radical (unpaired) electrons. The van der Waals surface area contributed by atoms with Crippen LogP contribution < -0.4 is 4.90 Å². The number of rotatable bonds is 4. The highest BCUT2D eigenvalue weighted by molar-refractivity contribution is 6.99. The van der Waals surface area contributed by atoms with Crippen molar-refractivity contribution in [3.63, 3.8) is 0 Å². The van der Waals surface area contributed by atoms with Crippen molar-refractivity contribution in [2.75, 3.05) is 11.4 Å². The van der Waals surface area contributed by atoms with Crippen molar-refractivity contribution >= 4 is 29.3 Å². The number of carbonyl (C=O) groups is 2. The van der Waals surface area contributed by atoms with E-state index in [9.17, 15) is 9.59 Å². The van der Waals surface area contributed by atoms with Gasteiger partial charge in [0.05, 0.1) is 17.9 Å². The number of carboxylic acid groups (broad SMARTS) is 1. The maximum Gasteiger partial charge on any atom is 0.323 e. The molecule has 1 aromatic heterocycles. The molecule has 0 fully saturated rings. The molecule has 0 saturated carbocycles. The highest BCUT2D eigenvalue weighted by atomic mass is 32.1. The third-order valence-electron chi connectivity index (χ3n) is 2.19. The Balaban J connectivity index is 2.31. The van der Waals surface area contributed by atoms with Gasteiger partial charge in [-0.2, -0.15) is 8.75 Å². The summed E-state index contributed by atoms with van der Waals surface area (Å²) in [6.45, 7) is -0.416. The highest BCUT2D eigenvalue weighted by Gasteiger charge is 2.22. The van der Waals surface area contributed by atoms with Crippen molar-refractivity contribution in [1.82, 2.24) is 8.75 Å². The number of carbonyl (C=O) groups excluding carboxylic acids is 1. The molecule has 1 heterocycles. The van der Waals surface area contributed by atoms with Gasteiger partial charge in [0.25, 0.3) is 5.91 Å². The fourth-order valence-corrected chi connectivity index (χ4v) is 1.83. The van der Waals surface area contributed by atoms with Gasteiger partial charge in [0, 0.05) is 5.69 Å². The minimum atomic E-state index is -1.09. The van der Waals surface area contributed by atoms with Gasteiger partial charge in [0.2, 0.25) is 0 Å². The average molecular weight is 263 g/mol. The number of benzene rings is 1. The average Bonchev–Trinajstić information content (AvgIpc) is 2.90. The van der Waals surface area contributed by atoms with Crippen molar-refractivity contribution < 1.29 is 14.7 Å². The van der Waals surface area contributed by atoms with Gasteiger partial charge in [-0.05, 0) is 12.1 Å². The van der Waals surface area contributed by atoms with E-state index < -0.39 is 18.4 Å². The molecule has 2 rings (SSSR count). The lowest BCUT2D eigenvalue weighted by atomic mass is 10.2. The first-order valence-corrected chi connectivity index (χ1v) is 5.78. The first kappa shape index (κ1) is 12.2. The Kier molecular flexibility index (Phi) is 3.63. The van der Waals surface area contributed by atoms with Gasteiger partial charge in [-0.1, -0.05) is 18.2 Å². The topological polar surface area (TPSA) is 83.4 Å². The normalized spacial score (nSPS) is 10.0. The Hall–Kier alpha value is -2.28. The third-order valence-corrected chi connectivity index (χ3v) is 2.66. The number of carboxylic acids is 1. The Labute approximate surface area is 107 Å². The molecule has 0 aliphatic heterocycles. The molecule has 0 aliphatic carbocycles. The fourth-order valence-electron chi connectivity index (χ4n) is 1.42. The van der Waals surface area contributed by atoms with Gasteiger partial charge < -0.3 is 5.11 Å². The molecule has 18 heavy (non-hydrogen) atoms. The molecule has 0 atom stereocenters. The van der Waals surface area contributed by atoms with E-state index in [0.29, 0.717) is 5.69 Å². The zero-order chi connectivity index (χ0) is 13.0. The molecule has 7 heteroatoms. The lowest BCUT2D eigenvalue weighted by Gasteiger charge is -2.19. The van der Waals surface area contributed by atoms with Gasteiger partial charge >= 0.3 is 5.97 Å². The van der Waals surface area contributed by atoms with Crippen LogP contribution in [-0.4, -0.2) is 32.3 Å². The summed E-state index contributed by atoms with van der Waals surface area (Å²) in [5, 5.41) is 8.86. The lowest BCUT2D eigenvalue weighted by molar-refractivity contribution is -0.135. The molecule has 2 aromatic rings. The Morgan fingerprint density at radius 3 is 2.56 bits per heavy atom. The number of hydrogen-bond donors (Lipinski definition) is 1. The van der Waals surface area contributed by atoms with E-state index in [1.165, 1.54) is 6.20 Å². The Morgan fingerprint density at radius 1 is 1.28 bits per heavy atom. The molecule has 0 spiro atoms. The molecule has 1 amide bonds. The summed E-state index contributed by atoms with van der Waals surface area (Å²) in [6, 6.07) is 8.59. The first-order chi connectivity index (χ1) is 8.68. The summed E-state index contributed by atoms with van der Waals surface area (Å²) in [4.78, 5) is 24.1. The molecule has 0 aliphatic rings. The van der Waals surface area contributed by atoms with Gasteiger partial charge in [0.15, 0.2) is 5.69 Å².